The molecule has 2 aromatic rings. The largest absolute Gasteiger partial charge is 0.339 e. The molecule has 1 unspecified atom stereocenters. The summed E-state index contributed by atoms with van der Waals surface area (Å²) < 4.78 is 20.5. The average molecular weight is 266 g/mol. The summed E-state index contributed by atoms with van der Waals surface area (Å²) in [5, 5.41) is 2.89. The maximum atomic E-state index is 11.2. The number of rotatable bonds is 2. The van der Waals surface area contributed by atoms with Crippen LogP contribution in [0.5, 0.6) is 0 Å². The van der Waals surface area contributed by atoms with Crippen LogP contribution in [0.2, 0.25) is 0 Å². The van der Waals surface area contributed by atoms with E-state index < -0.39 is 11.1 Å². The molecule has 1 aromatic heterocycles. The summed E-state index contributed by atoms with van der Waals surface area (Å²) in [6.07, 6.45) is 1.77. The summed E-state index contributed by atoms with van der Waals surface area (Å²) in [6.45, 7) is 1.42. The quantitative estimate of drug-likeness (QED) is 0.847. The molecule has 3 rings (SSSR count). The van der Waals surface area contributed by atoms with Gasteiger partial charge in [-0.25, -0.2) is 9.19 Å². The first kappa shape index (κ1) is 10.9. The second kappa shape index (κ2) is 4.21. The second-order valence-corrected chi connectivity index (χ2v) is 5.62. The van der Waals surface area contributed by atoms with Crippen LogP contribution in [0.15, 0.2) is 34.7 Å². The topological polar surface area (TPSA) is 53.4 Å². The van der Waals surface area contributed by atoms with Crippen molar-refractivity contribution in [3.63, 3.8) is 0 Å². The fraction of sp³-hybridized carbons (Fsp3) is 0.182. The highest BCUT2D eigenvalue weighted by Crippen LogP contribution is 2.32. The van der Waals surface area contributed by atoms with Crippen molar-refractivity contribution in [2.75, 3.05) is 4.90 Å². The number of anilines is 1. The Hall–Kier alpha value is -1.24. The van der Waals surface area contributed by atoms with E-state index in [1.165, 1.54) is 0 Å². The van der Waals surface area contributed by atoms with E-state index in [1.807, 2.05) is 17.5 Å². The SMILES string of the molecule is O=S(O)c1cccc2c1CN(c1nccs1)C2. The minimum atomic E-state index is -1.92. The molecule has 17 heavy (non-hydrogen) atoms. The van der Waals surface area contributed by atoms with Crippen LogP contribution in [0.1, 0.15) is 11.1 Å². The monoisotopic (exact) mass is 266 g/mol. The summed E-state index contributed by atoms with van der Waals surface area (Å²) in [4.78, 5) is 6.89. The van der Waals surface area contributed by atoms with Gasteiger partial charge in [0.1, 0.15) is 0 Å². The van der Waals surface area contributed by atoms with Gasteiger partial charge in [-0.15, -0.1) is 11.3 Å². The van der Waals surface area contributed by atoms with Gasteiger partial charge in [0.15, 0.2) is 16.2 Å². The number of benzene rings is 1. The molecule has 1 aliphatic rings. The molecule has 0 aliphatic carbocycles. The van der Waals surface area contributed by atoms with Crippen molar-refractivity contribution in [2.45, 2.75) is 18.0 Å². The fourth-order valence-corrected chi connectivity index (χ4v) is 3.31. The van der Waals surface area contributed by atoms with Gasteiger partial charge in [-0.3, -0.25) is 0 Å². The van der Waals surface area contributed by atoms with Gasteiger partial charge >= 0.3 is 0 Å². The maximum absolute atomic E-state index is 11.2. The zero-order chi connectivity index (χ0) is 11.8. The third kappa shape index (κ3) is 1.88. The van der Waals surface area contributed by atoms with Crippen molar-refractivity contribution < 1.29 is 8.76 Å². The van der Waals surface area contributed by atoms with Crippen LogP contribution in [0.3, 0.4) is 0 Å². The predicted octanol–water partition coefficient (Wildman–Crippen LogP) is 2.24. The lowest BCUT2D eigenvalue weighted by Crippen LogP contribution is -2.14. The Morgan fingerprint density at radius 3 is 3.00 bits per heavy atom. The maximum Gasteiger partial charge on any atom is 0.186 e. The third-order valence-corrected chi connectivity index (χ3v) is 4.41. The number of thiazole rings is 1. The van der Waals surface area contributed by atoms with Gasteiger partial charge in [0.2, 0.25) is 0 Å². The lowest BCUT2D eigenvalue weighted by molar-refractivity contribution is 0.563. The molecule has 6 heteroatoms. The number of fused-ring (bicyclic) bond motifs is 1. The molecule has 0 amide bonds. The Morgan fingerprint density at radius 1 is 1.41 bits per heavy atom. The Balaban J connectivity index is 1.98. The second-order valence-electron chi connectivity index (χ2n) is 3.81. The minimum absolute atomic E-state index is 0.515. The van der Waals surface area contributed by atoms with Gasteiger partial charge in [0.05, 0.1) is 4.90 Å². The lowest BCUT2D eigenvalue weighted by atomic mass is 10.1. The Kier molecular flexibility index (Phi) is 2.70. The normalized spacial score (nSPS) is 15.9. The van der Waals surface area contributed by atoms with E-state index in [2.05, 4.69) is 9.88 Å². The molecule has 2 heterocycles. The number of aromatic nitrogens is 1. The summed E-state index contributed by atoms with van der Waals surface area (Å²) in [6, 6.07) is 5.53. The van der Waals surface area contributed by atoms with Crippen LogP contribution in [-0.4, -0.2) is 13.7 Å². The first-order chi connectivity index (χ1) is 8.25. The first-order valence-electron chi connectivity index (χ1n) is 5.12. The highest BCUT2D eigenvalue weighted by atomic mass is 32.2. The summed E-state index contributed by atoms with van der Waals surface area (Å²) >= 11 is -0.335. The Labute approximate surface area is 105 Å². The minimum Gasteiger partial charge on any atom is -0.339 e. The standard InChI is InChI=1S/C11H10N2O2S2/c14-17(15)10-3-1-2-8-6-13(7-9(8)10)11-12-4-5-16-11/h1-5H,6-7H2,(H,14,15). The molecule has 0 spiro atoms. The number of hydrogen-bond donors (Lipinski definition) is 1. The molecule has 88 valence electrons. The molecule has 1 N–H and O–H groups in total. The van der Waals surface area contributed by atoms with Crippen molar-refractivity contribution in [1.29, 1.82) is 0 Å². The van der Waals surface area contributed by atoms with Crippen LogP contribution in [0.4, 0.5) is 5.13 Å². The summed E-state index contributed by atoms with van der Waals surface area (Å²) in [7, 11) is 0. The van der Waals surface area contributed by atoms with Gasteiger partial charge in [-0.1, -0.05) is 12.1 Å². The van der Waals surface area contributed by atoms with E-state index >= 15 is 0 Å². The zero-order valence-corrected chi connectivity index (χ0v) is 10.5. The predicted molar refractivity (Wildman–Crippen MR) is 67.5 cm³/mol. The number of nitrogens with zero attached hydrogens (tertiary/aromatic N) is 2. The van der Waals surface area contributed by atoms with Gasteiger partial charge in [0, 0.05) is 24.7 Å². The van der Waals surface area contributed by atoms with Crippen LogP contribution in [-0.2, 0) is 24.2 Å². The van der Waals surface area contributed by atoms with E-state index in [1.54, 1.807) is 23.6 Å². The Bertz CT molecular complexity index is 569. The summed E-state index contributed by atoms with van der Waals surface area (Å²) in [5.41, 5.74) is 2.07. The van der Waals surface area contributed by atoms with Crippen molar-refractivity contribution in [1.82, 2.24) is 4.98 Å². The van der Waals surface area contributed by atoms with E-state index in [4.69, 9.17) is 0 Å². The van der Waals surface area contributed by atoms with E-state index in [0.29, 0.717) is 11.4 Å². The first-order valence-corrected chi connectivity index (χ1v) is 7.10. The zero-order valence-electron chi connectivity index (χ0n) is 8.87. The van der Waals surface area contributed by atoms with Gasteiger partial charge in [0.25, 0.3) is 0 Å². The van der Waals surface area contributed by atoms with Gasteiger partial charge < -0.3 is 9.45 Å². The molecule has 0 saturated heterocycles. The molecule has 1 aromatic carbocycles. The van der Waals surface area contributed by atoms with Gasteiger partial charge in [-0.05, 0) is 17.2 Å². The third-order valence-electron chi connectivity index (χ3n) is 2.82. The molecule has 0 bridgehead atoms. The van der Waals surface area contributed by atoms with Crippen LogP contribution < -0.4 is 4.90 Å². The molecule has 0 fully saturated rings. The highest BCUT2D eigenvalue weighted by molar-refractivity contribution is 7.79. The highest BCUT2D eigenvalue weighted by Gasteiger charge is 2.24. The van der Waals surface area contributed by atoms with E-state index in [-0.39, 0.29) is 0 Å². The van der Waals surface area contributed by atoms with Crippen LogP contribution in [0, 0.1) is 0 Å². The fourth-order valence-electron chi connectivity index (χ4n) is 2.06. The average Bonchev–Trinajstić information content (AvgIpc) is 2.96. The van der Waals surface area contributed by atoms with E-state index in [0.717, 1.165) is 22.8 Å². The van der Waals surface area contributed by atoms with Crippen molar-refractivity contribution in [3.8, 4) is 0 Å². The Morgan fingerprint density at radius 2 is 2.29 bits per heavy atom. The van der Waals surface area contributed by atoms with Crippen molar-refractivity contribution in [2.24, 2.45) is 0 Å². The van der Waals surface area contributed by atoms with Gasteiger partial charge in [-0.2, -0.15) is 0 Å². The van der Waals surface area contributed by atoms with Crippen molar-refractivity contribution in [3.05, 3.63) is 40.9 Å². The molecule has 1 aliphatic heterocycles. The molecular formula is C11H10N2O2S2. The summed E-state index contributed by atoms with van der Waals surface area (Å²) in [5.74, 6) is 0. The lowest BCUT2D eigenvalue weighted by Gasteiger charge is -2.12. The molecule has 4 nitrogen and oxygen atoms in total. The van der Waals surface area contributed by atoms with Crippen LogP contribution >= 0.6 is 11.3 Å². The molecule has 1 atom stereocenters. The van der Waals surface area contributed by atoms with Crippen molar-refractivity contribution >= 4 is 27.5 Å². The molecule has 0 radical (unpaired) electrons. The van der Waals surface area contributed by atoms with Crippen LogP contribution in [0.25, 0.3) is 0 Å². The smallest absolute Gasteiger partial charge is 0.186 e. The molecule has 0 saturated carbocycles. The number of hydrogen-bond acceptors (Lipinski definition) is 4. The molecular weight excluding hydrogens is 256 g/mol. The van der Waals surface area contributed by atoms with E-state index in [9.17, 15) is 8.76 Å².